The maximum atomic E-state index is 4.41. The zero-order valence-electron chi connectivity index (χ0n) is 9.39. The van der Waals surface area contributed by atoms with Gasteiger partial charge in [-0.3, -0.25) is 4.57 Å². The van der Waals surface area contributed by atoms with Crippen molar-refractivity contribution in [3.63, 3.8) is 0 Å². The number of pyridine rings is 1. The molecule has 2 nitrogen and oxygen atoms in total. The molecule has 0 bridgehead atoms. The summed E-state index contributed by atoms with van der Waals surface area (Å²) in [4.78, 5) is 4.41. The Kier molecular flexibility index (Phi) is 2.48. The van der Waals surface area contributed by atoms with Crippen LogP contribution in [0.25, 0.3) is 16.7 Å². The molecule has 0 amide bonds. The van der Waals surface area contributed by atoms with E-state index in [4.69, 9.17) is 0 Å². The van der Waals surface area contributed by atoms with Crippen LogP contribution >= 0.6 is 15.9 Å². The number of benzene rings is 1. The lowest BCUT2D eigenvalue weighted by Gasteiger charge is -2.06. The van der Waals surface area contributed by atoms with Crippen LogP contribution in [0.4, 0.5) is 0 Å². The summed E-state index contributed by atoms with van der Waals surface area (Å²) in [5.74, 6) is 0.960. The van der Waals surface area contributed by atoms with Crippen LogP contribution < -0.4 is 0 Å². The van der Waals surface area contributed by atoms with Gasteiger partial charge in [-0.15, -0.1) is 0 Å². The van der Waals surface area contributed by atoms with E-state index in [9.17, 15) is 0 Å². The maximum absolute atomic E-state index is 4.41. The minimum atomic E-state index is 0.960. The van der Waals surface area contributed by atoms with Crippen molar-refractivity contribution in [2.75, 3.05) is 0 Å². The van der Waals surface area contributed by atoms with E-state index in [0.717, 1.165) is 10.3 Å². The van der Waals surface area contributed by atoms with Gasteiger partial charge in [0.2, 0.25) is 0 Å². The lowest BCUT2D eigenvalue weighted by atomic mass is 10.2. The topological polar surface area (TPSA) is 17.8 Å². The Hall–Kier alpha value is -1.61. The van der Waals surface area contributed by atoms with Crippen molar-refractivity contribution >= 4 is 26.8 Å². The van der Waals surface area contributed by atoms with Crippen LogP contribution in [0.15, 0.2) is 53.1 Å². The summed E-state index contributed by atoms with van der Waals surface area (Å²) in [5, 5.41) is 1.22. The second-order valence-corrected chi connectivity index (χ2v) is 4.93. The van der Waals surface area contributed by atoms with Crippen molar-refractivity contribution < 1.29 is 0 Å². The van der Waals surface area contributed by atoms with Gasteiger partial charge in [0.1, 0.15) is 5.82 Å². The molecule has 84 valence electrons. The first-order valence-electron chi connectivity index (χ1n) is 5.45. The van der Waals surface area contributed by atoms with Crippen LogP contribution in [-0.4, -0.2) is 9.55 Å². The molecule has 0 aliphatic rings. The van der Waals surface area contributed by atoms with Crippen molar-refractivity contribution in [2.24, 2.45) is 0 Å². The minimum Gasteiger partial charge on any atom is -0.299 e. The van der Waals surface area contributed by atoms with Crippen molar-refractivity contribution in [1.82, 2.24) is 9.55 Å². The lowest BCUT2D eigenvalue weighted by Crippen LogP contribution is -1.98. The fraction of sp³-hybridized carbons (Fsp3) is 0.0714. The highest BCUT2D eigenvalue weighted by molar-refractivity contribution is 9.10. The second-order valence-electron chi connectivity index (χ2n) is 4.01. The predicted molar refractivity (Wildman–Crippen MR) is 73.5 cm³/mol. The van der Waals surface area contributed by atoms with Gasteiger partial charge in [0, 0.05) is 21.7 Å². The fourth-order valence-corrected chi connectivity index (χ4v) is 2.49. The van der Waals surface area contributed by atoms with E-state index in [2.05, 4.69) is 56.7 Å². The molecule has 0 unspecified atom stereocenters. The molecule has 3 heteroatoms. The van der Waals surface area contributed by atoms with Gasteiger partial charge in [-0.2, -0.15) is 0 Å². The molecule has 0 saturated heterocycles. The summed E-state index contributed by atoms with van der Waals surface area (Å²) in [6.45, 7) is 2.10. The van der Waals surface area contributed by atoms with Crippen molar-refractivity contribution in [3.8, 4) is 5.82 Å². The summed E-state index contributed by atoms with van der Waals surface area (Å²) in [5.41, 5.74) is 2.38. The Balaban J connectivity index is 2.33. The molecule has 0 aliphatic heterocycles. The van der Waals surface area contributed by atoms with E-state index in [1.807, 2.05) is 24.4 Å². The van der Waals surface area contributed by atoms with E-state index >= 15 is 0 Å². The molecule has 0 aliphatic carbocycles. The van der Waals surface area contributed by atoms with Gasteiger partial charge in [0.15, 0.2) is 0 Å². The first-order valence-corrected chi connectivity index (χ1v) is 6.24. The Morgan fingerprint density at radius 2 is 2.00 bits per heavy atom. The van der Waals surface area contributed by atoms with Crippen LogP contribution in [0.5, 0.6) is 0 Å². The summed E-state index contributed by atoms with van der Waals surface area (Å²) in [6, 6.07) is 14.4. The monoisotopic (exact) mass is 286 g/mol. The summed E-state index contributed by atoms with van der Waals surface area (Å²) < 4.78 is 3.27. The standard InChI is InChI=1S/C14H11BrN2/c1-10-8-11-9-12(15)5-6-13(11)17(10)14-4-2-3-7-16-14/h2-9H,1H3. The van der Waals surface area contributed by atoms with Gasteiger partial charge in [0.05, 0.1) is 5.52 Å². The molecule has 0 fully saturated rings. The molecule has 0 saturated carbocycles. The molecule has 0 spiro atoms. The van der Waals surface area contributed by atoms with E-state index in [-0.39, 0.29) is 0 Å². The van der Waals surface area contributed by atoms with Gasteiger partial charge in [0.25, 0.3) is 0 Å². The highest BCUT2D eigenvalue weighted by Crippen LogP contribution is 2.25. The number of rotatable bonds is 1. The van der Waals surface area contributed by atoms with Crippen LogP contribution in [0.1, 0.15) is 5.69 Å². The molecular weight excluding hydrogens is 276 g/mol. The molecule has 1 aromatic carbocycles. The molecule has 0 radical (unpaired) electrons. The van der Waals surface area contributed by atoms with Crippen LogP contribution in [0, 0.1) is 6.92 Å². The van der Waals surface area contributed by atoms with Crippen molar-refractivity contribution in [3.05, 3.63) is 58.8 Å². The Bertz CT molecular complexity index is 671. The normalized spacial score (nSPS) is 10.9. The quantitative estimate of drug-likeness (QED) is 0.659. The number of aromatic nitrogens is 2. The van der Waals surface area contributed by atoms with Gasteiger partial charge in [-0.05, 0) is 43.3 Å². The van der Waals surface area contributed by atoms with E-state index in [0.29, 0.717) is 0 Å². The summed E-state index contributed by atoms with van der Waals surface area (Å²) >= 11 is 3.50. The van der Waals surface area contributed by atoms with Crippen LogP contribution in [0.3, 0.4) is 0 Å². The smallest absolute Gasteiger partial charge is 0.137 e. The number of fused-ring (bicyclic) bond motifs is 1. The third kappa shape index (κ3) is 1.76. The van der Waals surface area contributed by atoms with Crippen molar-refractivity contribution in [1.29, 1.82) is 0 Å². The highest BCUT2D eigenvalue weighted by atomic mass is 79.9. The number of hydrogen-bond donors (Lipinski definition) is 0. The predicted octanol–water partition coefficient (Wildman–Crippen LogP) is 4.10. The number of nitrogens with zero attached hydrogens (tertiary/aromatic N) is 2. The highest BCUT2D eigenvalue weighted by Gasteiger charge is 2.07. The van der Waals surface area contributed by atoms with Crippen molar-refractivity contribution in [2.45, 2.75) is 6.92 Å². The molecule has 0 atom stereocenters. The number of halogens is 1. The maximum Gasteiger partial charge on any atom is 0.137 e. The average molecular weight is 287 g/mol. The Morgan fingerprint density at radius 1 is 1.12 bits per heavy atom. The second kappa shape index (κ2) is 4.00. The molecular formula is C14H11BrN2. The van der Waals surface area contributed by atoms with E-state index in [1.54, 1.807) is 0 Å². The third-order valence-electron chi connectivity index (χ3n) is 2.83. The van der Waals surface area contributed by atoms with Gasteiger partial charge >= 0.3 is 0 Å². The SMILES string of the molecule is Cc1cc2cc(Br)ccc2n1-c1ccccn1. The largest absolute Gasteiger partial charge is 0.299 e. The molecule has 0 N–H and O–H groups in total. The van der Waals surface area contributed by atoms with Gasteiger partial charge in [-0.25, -0.2) is 4.98 Å². The molecule has 2 heterocycles. The number of hydrogen-bond acceptors (Lipinski definition) is 1. The first-order chi connectivity index (χ1) is 8.25. The zero-order valence-corrected chi connectivity index (χ0v) is 11.0. The van der Waals surface area contributed by atoms with Crippen LogP contribution in [-0.2, 0) is 0 Å². The Labute approximate surface area is 108 Å². The minimum absolute atomic E-state index is 0.960. The first kappa shape index (κ1) is 10.5. The molecule has 3 rings (SSSR count). The van der Waals surface area contributed by atoms with Gasteiger partial charge < -0.3 is 0 Å². The molecule has 3 aromatic rings. The molecule has 17 heavy (non-hydrogen) atoms. The fourth-order valence-electron chi connectivity index (χ4n) is 2.11. The summed E-state index contributed by atoms with van der Waals surface area (Å²) in [7, 11) is 0. The lowest BCUT2D eigenvalue weighted by molar-refractivity contribution is 0.994. The zero-order chi connectivity index (χ0) is 11.8. The van der Waals surface area contributed by atoms with Crippen LogP contribution in [0.2, 0.25) is 0 Å². The van der Waals surface area contributed by atoms with Gasteiger partial charge in [-0.1, -0.05) is 22.0 Å². The van der Waals surface area contributed by atoms with E-state index in [1.165, 1.54) is 16.6 Å². The average Bonchev–Trinajstić information content (AvgIpc) is 2.65. The molecule has 2 aromatic heterocycles. The third-order valence-corrected chi connectivity index (χ3v) is 3.32. The van der Waals surface area contributed by atoms with E-state index < -0.39 is 0 Å². The summed E-state index contributed by atoms with van der Waals surface area (Å²) in [6.07, 6.45) is 1.82. The number of aryl methyl sites for hydroxylation is 1. The Morgan fingerprint density at radius 3 is 2.76 bits per heavy atom.